The van der Waals surface area contributed by atoms with E-state index in [0.29, 0.717) is 57.6 Å². The molecule has 0 spiro atoms. The number of aryl methyl sites for hydroxylation is 1. The Hall–Kier alpha value is -4.09. The van der Waals surface area contributed by atoms with Crippen LogP contribution in [0.15, 0.2) is 72.2 Å². The normalized spacial score (nSPS) is 17.5. The SMILES string of the molecule is C=CC(O)NC1COCC1Nc1ncc2cc(-c3cc(C(=O)Nc4cccc(C(C)(C)C)c4)ccc3Cl)c(=O)n(C)c2n1. The number of aliphatic hydroxyl groups is 1. The lowest BCUT2D eigenvalue weighted by Gasteiger charge is -2.22. The van der Waals surface area contributed by atoms with Crippen LogP contribution in [0.4, 0.5) is 11.6 Å². The Morgan fingerprint density at radius 3 is 2.67 bits per heavy atom. The Morgan fingerprint density at radius 1 is 1.16 bits per heavy atom. The first-order valence-electron chi connectivity index (χ1n) is 13.9. The average Bonchev–Trinajstić information content (AvgIpc) is 3.41. The van der Waals surface area contributed by atoms with Crippen molar-refractivity contribution in [1.29, 1.82) is 0 Å². The number of carbonyl (C=O) groups is 1. The lowest BCUT2D eigenvalue weighted by molar-refractivity contribution is 0.102. The molecule has 224 valence electrons. The molecule has 1 aliphatic heterocycles. The highest BCUT2D eigenvalue weighted by Crippen LogP contribution is 2.30. The maximum atomic E-state index is 13.6. The van der Waals surface area contributed by atoms with Gasteiger partial charge in [0.05, 0.1) is 25.3 Å². The van der Waals surface area contributed by atoms with Crippen molar-refractivity contribution in [2.45, 2.75) is 44.5 Å². The number of pyridine rings is 1. The molecule has 10 nitrogen and oxygen atoms in total. The lowest BCUT2D eigenvalue weighted by atomic mass is 9.87. The molecule has 4 aromatic rings. The Labute approximate surface area is 254 Å². The van der Waals surface area contributed by atoms with Crippen LogP contribution in [0.1, 0.15) is 36.7 Å². The van der Waals surface area contributed by atoms with E-state index in [1.54, 1.807) is 37.5 Å². The van der Waals surface area contributed by atoms with Crippen molar-refractivity contribution < 1.29 is 14.6 Å². The Bertz CT molecular complexity index is 1750. The number of hydrogen-bond acceptors (Lipinski definition) is 8. The van der Waals surface area contributed by atoms with Crippen molar-refractivity contribution in [3.05, 3.63) is 93.9 Å². The van der Waals surface area contributed by atoms with Gasteiger partial charge in [0.1, 0.15) is 11.9 Å². The quantitative estimate of drug-likeness (QED) is 0.172. The maximum Gasteiger partial charge on any atom is 0.259 e. The summed E-state index contributed by atoms with van der Waals surface area (Å²) in [5.74, 6) is 0.00260. The number of benzene rings is 2. The number of anilines is 2. The molecule has 0 bridgehead atoms. The van der Waals surface area contributed by atoms with Crippen molar-refractivity contribution in [3.8, 4) is 11.1 Å². The minimum atomic E-state index is -0.871. The lowest BCUT2D eigenvalue weighted by Crippen LogP contribution is -2.47. The van der Waals surface area contributed by atoms with Crippen molar-refractivity contribution in [3.63, 3.8) is 0 Å². The summed E-state index contributed by atoms with van der Waals surface area (Å²) >= 11 is 6.56. The standard InChI is InChI=1S/C32H35ClN6O4/c1-6-27(40)36-25-16-43-17-26(25)37-31-34-15-19-13-23(30(42)39(5)28(19)38-31)22-12-18(10-11-24(22)33)29(41)35-21-9-7-8-20(14-21)32(2,3)4/h6-15,25-27,36,40H,1,16-17H2,2-5H3,(H,35,41)(H,34,37,38). The first kappa shape index (κ1) is 30.4. The van der Waals surface area contributed by atoms with E-state index in [4.69, 9.17) is 16.3 Å². The molecule has 1 saturated heterocycles. The zero-order valence-corrected chi connectivity index (χ0v) is 25.3. The molecule has 1 fully saturated rings. The van der Waals surface area contributed by atoms with Crippen molar-refractivity contribution >= 4 is 40.2 Å². The van der Waals surface area contributed by atoms with E-state index < -0.39 is 6.23 Å². The van der Waals surface area contributed by atoms with Crippen LogP contribution >= 0.6 is 11.6 Å². The number of hydrogen-bond donors (Lipinski definition) is 4. The summed E-state index contributed by atoms with van der Waals surface area (Å²) in [4.78, 5) is 35.8. The predicted octanol–water partition coefficient (Wildman–Crippen LogP) is 4.47. The number of nitrogens with zero attached hydrogens (tertiary/aromatic N) is 3. The summed E-state index contributed by atoms with van der Waals surface area (Å²) in [6.45, 7) is 10.7. The molecule has 0 radical (unpaired) electrons. The minimum Gasteiger partial charge on any atom is -0.378 e. The van der Waals surface area contributed by atoms with Crippen LogP contribution in [0.3, 0.4) is 0 Å². The second-order valence-corrected chi connectivity index (χ2v) is 12.0. The Kier molecular flexibility index (Phi) is 8.66. The smallest absolute Gasteiger partial charge is 0.259 e. The van der Waals surface area contributed by atoms with E-state index in [2.05, 4.69) is 53.3 Å². The van der Waals surface area contributed by atoms with E-state index in [-0.39, 0.29) is 29.0 Å². The third kappa shape index (κ3) is 6.62. The summed E-state index contributed by atoms with van der Waals surface area (Å²) in [5.41, 5.74) is 2.92. The van der Waals surface area contributed by atoms with Crippen molar-refractivity contribution in [2.75, 3.05) is 23.8 Å². The number of aliphatic hydroxyl groups excluding tert-OH is 1. The molecule has 1 amide bonds. The largest absolute Gasteiger partial charge is 0.378 e. The number of rotatable bonds is 8. The highest BCUT2D eigenvalue weighted by atomic mass is 35.5. The molecule has 0 saturated carbocycles. The van der Waals surface area contributed by atoms with E-state index >= 15 is 0 Å². The molecule has 0 aliphatic carbocycles. The molecule has 2 aromatic carbocycles. The predicted molar refractivity (Wildman–Crippen MR) is 170 cm³/mol. The number of halogens is 1. The monoisotopic (exact) mass is 602 g/mol. The van der Waals surface area contributed by atoms with Crippen molar-refractivity contribution in [2.24, 2.45) is 7.05 Å². The summed E-state index contributed by atoms with van der Waals surface area (Å²) < 4.78 is 6.98. The van der Waals surface area contributed by atoms with Gasteiger partial charge in [0, 0.05) is 46.0 Å². The van der Waals surface area contributed by atoms with Crippen molar-refractivity contribution in [1.82, 2.24) is 19.9 Å². The van der Waals surface area contributed by atoms with E-state index in [1.165, 1.54) is 10.6 Å². The van der Waals surface area contributed by atoms with Gasteiger partial charge >= 0.3 is 0 Å². The molecule has 4 N–H and O–H groups in total. The van der Waals surface area contributed by atoms with Crippen LogP contribution in [0.25, 0.3) is 22.2 Å². The van der Waals surface area contributed by atoms with Crippen LogP contribution in [0, 0.1) is 0 Å². The molecule has 3 atom stereocenters. The number of nitrogens with one attached hydrogen (secondary N) is 3. The third-order valence-electron chi connectivity index (χ3n) is 7.46. The number of aromatic nitrogens is 3. The average molecular weight is 603 g/mol. The molecule has 3 heterocycles. The van der Waals surface area contributed by atoms with Crippen LogP contribution in [-0.2, 0) is 17.2 Å². The third-order valence-corrected chi connectivity index (χ3v) is 7.79. The van der Waals surface area contributed by atoms with Gasteiger partial charge in [-0.1, -0.05) is 51.1 Å². The molecule has 5 rings (SSSR count). The highest BCUT2D eigenvalue weighted by Gasteiger charge is 2.30. The number of fused-ring (bicyclic) bond motifs is 1. The summed E-state index contributed by atoms with van der Waals surface area (Å²) in [5, 5.41) is 20.0. The zero-order chi connectivity index (χ0) is 30.9. The van der Waals surface area contributed by atoms with Gasteiger partial charge < -0.3 is 20.5 Å². The number of carbonyl (C=O) groups excluding carboxylic acids is 1. The fourth-order valence-electron chi connectivity index (χ4n) is 4.96. The fraction of sp³-hybridized carbons (Fsp3) is 0.312. The fourth-order valence-corrected chi connectivity index (χ4v) is 5.18. The van der Waals surface area contributed by atoms with Gasteiger partial charge in [0.15, 0.2) is 0 Å². The number of amides is 1. The second kappa shape index (κ2) is 12.3. The van der Waals surface area contributed by atoms with Crippen LogP contribution in [-0.4, -0.2) is 57.1 Å². The van der Waals surface area contributed by atoms with Gasteiger partial charge in [-0.2, -0.15) is 4.98 Å². The first-order chi connectivity index (χ1) is 20.4. The summed E-state index contributed by atoms with van der Waals surface area (Å²) in [7, 11) is 1.63. The second-order valence-electron chi connectivity index (χ2n) is 11.6. The van der Waals surface area contributed by atoms with E-state index in [0.717, 1.165) is 5.56 Å². The van der Waals surface area contributed by atoms with Crippen LogP contribution in [0.5, 0.6) is 0 Å². The molecule has 11 heteroatoms. The Morgan fingerprint density at radius 2 is 1.93 bits per heavy atom. The molecule has 2 aromatic heterocycles. The highest BCUT2D eigenvalue weighted by molar-refractivity contribution is 6.33. The van der Waals surface area contributed by atoms with Gasteiger partial charge in [0.25, 0.3) is 11.5 Å². The van der Waals surface area contributed by atoms with E-state index in [1.807, 2.05) is 24.3 Å². The topological polar surface area (TPSA) is 130 Å². The first-order valence-corrected chi connectivity index (χ1v) is 14.3. The molecule has 1 aliphatic rings. The van der Waals surface area contributed by atoms with Gasteiger partial charge in [-0.15, -0.1) is 0 Å². The summed E-state index contributed by atoms with van der Waals surface area (Å²) in [6, 6.07) is 13.9. The minimum absolute atomic E-state index is 0.0651. The summed E-state index contributed by atoms with van der Waals surface area (Å²) in [6.07, 6.45) is 2.15. The van der Waals surface area contributed by atoms with E-state index in [9.17, 15) is 14.7 Å². The maximum absolute atomic E-state index is 13.6. The Balaban J connectivity index is 1.42. The number of ether oxygens (including phenoxy) is 1. The molecular formula is C32H35ClN6O4. The molecule has 43 heavy (non-hydrogen) atoms. The molecular weight excluding hydrogens is 568 g/mol. The van der Waals surface area contributed by atoms with Crippen LogP contribution in [0.2, 0.25) is 5.02 Å². The van der Waals surface area contributed by atoms with Gasteiger partial charge in [0.2, 0.25) is 5.95 Å². The molecule has 3 unspecified atom stereocenters. The van der Waals surface area contributed by atoms with Gasteiger partial charge in [-0.05, 0) is 53.5 Å². The zero-order valence-electron chi connectivity index (χ0n) is 24.5. The van der Waals surface area contributed by atoms with Gasteiger partial charge in [-0.25, -0.2) is 4.98 Å². The van der Waals surface area contributed by atoms with Crippen LogP contribution < -0.4 is 21.5 Å². The van der Waals surface area contributed by atoms with Gasteiger partial charge in [-0.3, -0.25) is 19.5 Å².